The van der Waals surface area contributed by atoms with E-state index < -0.39 is 6.09 Å². The van der Waals surface area contributed by atoms with Crippen molar-refractivity contribution in [3.8, 4) is 11.3 Å². The Bertz CT molecular complexity index is 1290. The second-order valence-corrected chi connectivity index (χ2v) is 9.16. The van der Waals surface area contributed by atoms with Crippen molar-refractivity contribution in [1.82, 2.24) is 20.0 Å². The first-order valence-electron chi connectivity index (χ1n) is 12.6. The van der Waals surface area contributed by atoms with Crippen molar-refractivity contribution >= 4 is 17.7 Å². The van der Waals surface area contributed by atoms with E-state index in [1.54, 1.807) is 43.3 Å². The molecule has 1 saturated heterocycles. The molecule has 9 heteroatoms. The lowest BCUT2D eigenvalue weighted by molar-refractivity contribution is 0.0950. The third-order valence-electron chi connectivity index (χ3n) is 6.53. The summed E-state index contributed by atoms with van der Waals surface area (Å²) in [5, 5.41) is 10.2. The van der Waals surface area contributed by atoms with Crippen molar-refractivity contribution in [3.63, 3.8) is 0 Å². The fourth-order valence-electron chi connectivity index (χ4n) is 4.51. The number of likely N-dealkylation sites (tertiary alicyclic amines) is 1. The van der Waals surface area contributed by atoms with E-state index in [0.717, 1.165) is 24.1 Å². The molecule has 4 rings (SSSR count). The maximum atomic E-state index is 12.6. The van der Waals surface area contributed by atoms with Crippen molar-refractivity contribution < 1.29 is 14.3 Å². The Balaban J connectivity index is 1.40. The predicted octanol–water partition coefficient (Wildman–Crippen LogP) is 3.74. The van der Waals surface area contributed by atoms with Crippen molar-refractivity contribution in [2.24, 2.45) is 0 Å². The number of nitrogens with one attached hydrogen (secondary N) is 2. The summed E-state index contributed by atoms with van der Waals surface area (Å²) in [6.45, 7) is 4.03. The molecular weight excluding hydrogens is 470 g/mol. The van der Waals surface area contributed by atoms with Gasteiger partial charge in [-0.05, 0) is 75.7 Å². The number of anilines is 1. The molecule has 1 aliphatic heterocycles. The van der Waals surface area contributed by atoms with Crippen LogP contribution in [0.5, 0.6) is 0 Å². The molecule has 1 unspecified atom stereocenters. The minimum Gasteiger partial charge on any atom is -0.450 e. The molecule has 194 valence electrons. The van der Waals surface area contributed by atoms with Crippen molar-refractivity contribution in [2.45, 2.75) is 38.8 Å². The zero-order valence-electron chi connectivity index (χ0n) is 21.3. The lowest BCUT2D eigenvalue weighted by Crippen LogP contribution is -2.31. The van der Waals surface area contributed by atoms with Crippen LogP contribution in [0.2, 0.25) is 0 Å². The van der Waals surface area contributed by atoms with E-state index in [2.05, 4.69) is 27.7 Å². The van der Waals surface area contributed by atoms with Gasteiger partial charge in [0.1, 0.15) is 0 Å². The Morgan fingerprint density at radius 2 is 1.92 bits per heavy atom. The molecule has 0 bridgehead atoms. The molecule has 0 spiro atoms. The third-order valence-corrected chi connectivity index (χ3v) is 6.53. The van der Waals surface area contributed by atoms with Gasteiger partial charge < -0.3 is 15.0 Å². The van der Waals surface area contributed by atoms with Gasteiger partial charge in [-0.3, -0.25) is 14.9 Å². The van der Waals surface area contributed by atoms with E-state index in [4.69, 9.17) is 4.74 Å². The SMILES string of the molecule is CCOC(=O)Nc1cccc(Cn2nc(-c3ccc(C(=O)NCCC4CCCN4C)cc3)ccc2=O)c1. The molecule has 2 amide bonds. The van der Waals surface area contributed by atoms with Gasteiger partial charge in [0, 0.05) is 35.5 Å². The summed E-state index contributed by atoms with van der Waals surface area (Å²) in [4.78, 5) is 39.1. The molecule has 2 heterocycles. The summed E-state index contributed by atoms with van der Waals surface area (Å²) >= 11 is 0. The lowest BCUT2D eigenvalue weighted by Gasteiger charge is -2.19. The highest BCUT2D eigenvalue weighted by molar-refractivity contribution is 5.94. The number of nitrogens with zero attached hydrogens (tertiary/aromatic N) is 3. The standard InChI is InChI=1S/C28H33N5O4/c1-3-37-28(36)30-23-7-4-6-20(18-23)19-33-26(34)14-13-25(31-33)21-9-11-22(12-10-21)27(35)29-16-15-24-8-5-17-32(24)2/h4,6-7,9-14,18,24H,3,5,8,15-17,19H2,1-2H3,(H,29,35)(H,30,36). The highest BCUT2D eigenvalue weighted by Gasteiger charge is 2.20. The molecule has 2 aromatic carbocycles. The normalized spacial score (nSPS) is 15.4. The monoisotopic (exact) mass is 503 g/mol. The van der Waals surface area contributed by atoms with Crippen LogP contribution in [0.25, 0.3) is 11.3 Å². The largest absolute Gasteiger partial charge is 0.450 e. The van der Waals surface area contributed by atoms with Gasteiger partial charge in [0.15, 0.2) is 0 Å². The number of benzene rings is 2. The second kappa shape index (κ2) is 12.3. The first-order valence-corrected chi connectivity index (χ1v) is 12.6. The van der Waals surface area contributed by atoms with Crippen LogP contribution in [-0.2, 0) is 11.3 Å². The van der Waals surface area contributed by atoms with E-state index in [-0.39, 0.29) is 24.6 Å². The number of hydrogen-bond donors (Lipinski definition) is 2. The second-order valence-electron chi connectivity index (χ2n) is 9.16. The summed E-state index contributed by atoms with van der Waals surface area (Å²) in [6.07, 6.45) is 2.83. The number of aromatic nitrogens is 2. The van der Waals surface area contributed by atoms with Gasteiger partial charge in [0.05, 0.1) is 18.8 Å². The summed E-state index contributed by atoms with van der Waals surface area (Å²) in [5.41, 5.74) is 3.15. The van der Waals surface area contributed by atoms with E-state index in [1.165, 1.54) is 23.6 Å². The Morgan fingerprint density at radius 3 is 2.65 bits per heavy atom. The number of carbonyl (C=O) groups excluding carboxylic acids is 2. The number of amides is 2. The molecule has 1 aromatic heterocycles. The Hall–Kier alpha value is -3.98. The van der Waals surface area contributed by atoms with Crippen molar-refractivity contribution in [2.75, 3.05) is 32.1 Å². The number of ether oxygens (including phenoxy) is 1. The maximum Gasteiger partial charge on any atom is 0.411 e. The Morgan fingerprint density at radius 1 is 1.11 bits per heavy atom. The highest BCUT2D eigenvalue weighted by Crippen LogP contribution is 2.19. The molecule has 1 fully saturated rings. The predicted molar refractivity (Wildman–Crippen MR) is 143 cm³/mol. The van der Waals surface area contributed by atoms with E-state index in [9.17, 15) is 14.4 Å². The number of hydrogen-bond acceptors (Lipinski definition) is 6. The molecule has 2 N–H and O–H groups in total. The minimum absolute atomic E-state index is 0.0959. The molecule has 1 aliphatic rings. The van der Waals surface area contributed by atoms with Gasteiger partial charge >= 0.3 is 6.09 Å². The lowest BCUT2D eigenvalue weighted by atomic mass is 10.1. The summed E-state index contributed by atoms with van der Waals surface area (Å²) in [5.74, 6) is -0.0959. The number of rotatable bonds is 9. The van der Waals surface area contributed by atoms with Crippen LogP contribution in [-0.4, -0.2) is 59.5 Å². The first-order chi connectivity index (χ1) is 17.9. The van der Waals surface area contributed by atoms with Crippen LogP contribution in [0, 0.1) is 0 Å². The minimum atomic E-state index is -0.532. The topological polar surface area (TPSA) is 106 Å². The summed E-state index contributed by atoms with van der Waals surface area (Å²) < 4.78 is 6.29. The van der Waals surface area contributed by atoms with Gasteiger partial charge in [-0.25, -0.2) is 9.48 Å². The van der Waals surface area contributed by atoms with Crippen LogP contribution in [0.1, 0.15) is 42.1 Å². The molecule has 37 heavy (non-hydrogen) atoms. The Labute approximate surface area is 216 Å². The van der Waals surface area contributed by atoms with E-state index in [0.29, 0.717) is 29.5 Å². The maximum absolute atomic E-state index is 12.6. The third kappa shape index (κ3) is 7.04. The van der Waals surface area contributed by atoms with Gasteiger partial charge in [-0.1, -0.05) is 24.3 Å². The molecular formula is C28H33N5O4. The van der Waals surface area contributed by atoms with Crippen molar-refractivity contribution in [1.29, 1.82) is 0 Å². The zero-order chi connectivity index (χ0) is 26.2. The quantitative estimate of drug-likeness (QED) is 0.461. The molecule has 0 saturated carbocycles. The van der Waals surface area contributed by atoms with Gasteiger partial charge in [-0.2, -0.15) is 5.10 Å². The number of carbonyl (C=O) groups is 2. The van der Waals surface area contributed by atoms with Crippen LogP contribution in [0.3, 0.4) is 0 Å². The van der Waals surface area contributed by atoms with Crippen molar-refractivity contribution in [3.05, 3.63) is 82.1 Å². The molecule has 1 atom stereocenters. The van der Waals surface area contributed by atoms with Crippen LogP contribution in [0.4, 0.5) is 10.5 Å². The van der Waals surface area contributed by atoms with Gasteiger partial charge in [0.25, 0.3) is 11.5 Å². The fourth-order valence-corrected chi connectivity index (χ4v) is 4.51. The van der Waals surface area contributed by atoms with Gasteiger partial charge in [0.2, 0.25) is 0 Å². The Kier molecular flexibility index (Phi) is 8.68. The molecule has 3 aromatic rings. The van der Waals surface area contributed by atoms with Crippen LogP contribution in [0.15, 0.2) is 65.5 Å². The first kappa shape index (κ1) is 26.1. The average molecular weight is 504 g/mol. The molecule has 0 radical (unpaired) electrons. The highest BCUT2D eigenvalue weighted by atomic mass is 16.5. The average Bonchev–Trinajstić information content (AvgIpc) is 3.30. The van der Waals surface area contributed by atoms with E-state index >= 15 is 0 Å². The molecule has 0 aliphatic carbocycles. The van der Waals surface area contributed by atoms with E-state index in [1.807, 2.05) is 18.2 Å². The molecule has 9 nitrogen and oxygen atoms in total. The smallest absolute Gasteiger partial charge is 0.411 e. The van der Waals surface area contributed by atoms with Crippen LogP contribution >= 0.6 is 0 Å². The van der Waals surface area contributed by atoms with Gasteiger partial charge in [-0.15, -0.1) is 0 Å². The fraction of sp³-hybridized carbons (Fsp3) is 0.357. The summed E-state index contributed by atoms with van der Waals surface area (Å²) in [7, 11) is 2.13. The van der Waals surface area contributed by atoms with Crippen LogP contribution < -0.4 is 16.2 Å². The summed E-state index contributed by atoms with van der Waals surface area (Å²) in [6, 6.07) is 18.1. The zero-order valence-corrected chi connectivity index (χ0v) is 21.3.